The number of ether oxygens (including phenoxy) is 1. The molecule has 1 aromatic carbocycles. The van der Waals surface area contributed by atoms with Crippen molar-refractivity contribution in [1.29, 1.82) is 0 Å². The Hall–Kier alpha value is -1.42. The number of nitrogens with zero attached hydrogens (tertiary/aromatic N) is 1. The van der Waals surface area contributed by atoms with Crippen LogP contribution in [-0.2, 0) is 19.6 Å². The van der Waals surface area contributed by atoms with Gasteiger partial charge >= 0.3 is 0 Å². The number of rotatable bonds is 3. The van der Waals surface area contributed by atoms with Gasteiger partial charge in [0.2, 0.25) is 15.9 Å². The molecular formula is C11H13ClFN3O4S. The molecule has 1 atom stereocenters. The summed E-state index contributed by atoms with van der Waals surface area (Å²) in [5, 5.41) is -0.0311. The zero-order valence-corrected chi connectivity index (χ0v) is 12.3. The molecule has 0 bridgehead atoms. The number of sulfonamides is 1. The molecule has 21 heavy (non-hydrogen) atoms. The molecule has 0 saturated carbocycles. The highest BCUT2D eigenvalue weighted by molar-refractivity contribution is 7.89. The van der Waals surface area contributed by atoms with Crippen molar-refractivity contribution < 1.29 is 22.3 Å². The third kappa shape index (κ3) is 2.95. The Balaban J connectivity index is 2.53. The molecule has 0 spiro atoms. The van der Waals surface area contributed by atoms with Crippen LogP contribution in [0.2, 0.25) is 5.02 Å². The molecule has 0 aliphatic carbocycles. The number of hydrogen-bond donors (Lipinski definition) is 2. The van der Waals surface area contributed by atoms with Gasteiger partial charge in [-0.15, -0.1) is 0 Å². The van der Waals surface area contributed by atoms with Gasteiger partial charge in [0.25, 0.3) is 0 Å². The van der Waals surface area contributed by atoms with Crippen molar-refractivity contribution in [1.82, 2.24) is 4.31 Å². The lowest BCUT2D eigenvalue weighted by Gasteiger charge is -2.32. The maximum absolute atomic E-state index is 14.0. The van der Waals surface area contributed by atoms with Gasteiger partial charge in [-0.05, 0) is 12.1 Å². The normalized spacial score (nSPS) is 20.4. The summed E-state index contributed by atoms with van der Waals surface area (Å²) in [6.07, 6.45) is 0. The summed E-state index contributed by atoms with van der Waals surface area (Å²) in [4.78, 5) is 10.7. The molecule has 4 N–H and O–H groups in total. The van der Waals surface area contributed by atoms with E-state index in [1.54, 1.807) is 0 Å². The van der Waals surface area contributed by atoms with Crippen molar-refractivity contribution in [2.45, 2.75) is 10.9 Å². The van der Waals surface area contributed by atoms with E-state index in [1.807, 2.05) is 0 Å². The van der Waals surface area contributed by atoms with Gasteiger partial charge in [-0.3, -0.25) is 4.79 Å². The molecule has 1 fully saturated rings. The molecule has 1 aliphatic rings. The maximum Gasteiger partial charge on any atom is 0.247 e. The molecule has 1 saturated heterocycles. The Bertz CT molecular complexity index is 682. The molecule has 116 valence electrons. The number of hydrogen-bond acceptors (Lipinski definition) is 5. The minimum Gasteiger partial charge on any atom is -0.396 e. The minimum absolute atomic E-state index is 0.0311. The number of anilines is 1. The van der Waals surface area contributed by atoms with Crippen LogP contribution in [0.1, 0.15) is 0 Å². The summed E-state index contributed by atoms with van der Waals surface area (Å²) in [6.45, 7) is -0.241. The first-order valence-electron chi connectivity index (χ1n) is 5.88. The smallest absolute Gasteiger partial charge is 0.247 e. The van der Waals surface area contributed by atoms with E-state index in [2.05, 4.69) is 0 Å². The third-order valence-electron chi connectivity index (χ3n) is 3.03. The summed E-state index contributed by atoms with van der Waals surface area (Å²) in [5.41, 5.74) is 10.1. The number of morpholine rings is 1. The number of primary amides is 1. The van der Waals surface area contributed by atoms with E-state index in [1.165, 1.54) is 0 Å². The highest BCUT2D eigenvalue weighted by atomic mass is 35.5. The zero-order valence-electron chi connectivity index (χ0n) is 10.8. The van der Waals surface area contributed by atoms with Crippen LogP contribution in [0.5, 0.6) is 0 Å². The number of carbonyl (C=O) groups is 1. The molecule has 2 rings (SSSR count). The Kier molecular flexibility index (Phi) is 4.38. The van der Waals surface area contributed by atoms with E-state index in [0.717, 1.165) is 16.4 Å². The molecule has 7 nitrogen and oxygen atoms in total. The van der Waals surface area contributed by atoms with E-state index in [0.29, 0.717) is 0 Å². The van der Waals surface area contributed by atoms with Gasteiger partial charge < -0.3 is 16.2 Å². The highest BCUT2D eigenvalue weighted by Gasteiger charge is 2.39. The highest BCUT2D eigenvalue weighted by Crippen LogP contribution is 2.29. The van der Waals surface area contributed by atoms with E-state index in [-0.39, 0.29) is 24.8 Å². The van der Waals surface area contributed by atoms with Crippen molar-refractivity contribution in [3.8, 4) is 0 Å². The number of benzene rings is 1. The first kappa shape index (κ1) is 16.0. The van der Waals surface area contributed by atoms with E-state index in [9.17, 15) is 17.6 Å². The van der Waals surface area contributed by atoms with Gasteiger partial charge in [-0.25, -0.2) is 12.8 Å². The van der Waals surface area contributed by atoms with E-state index < -0.39 is 38.4 Å². The van der Waals surface area contributed by atoms with Crippen LogP contribution < -0.4 is 11.5 Å². The number of nitrogen functional groups attached to an aromatic ring is 1. The average molecular weight is 338 g/mol. The molecule has 10 heteroatoms. The standard InChI is InChI=1S/C11H13ClFN3O4S/c12-6-3-7(14)10(13)9(4-6)21(18,19)16-1-2-20-5-8(16)11(15)17/h3-4,8H,1-2,5,14H2,(H2,15,17). The van der Waals surface area contributed by atoms with E-state index in [4.69, 9.17) is 27.8 Å². The van der Waals surface area contributed by atoms with Crippen molar-refractivity contribution in [2.75, 3.05) is 25.5 Å². The largest absolute Gasteiger partial charge is 0.396 e. The van der Waals surface area contributed by atoms with Gasteiger partial charge in [-0.2, -0.15) is 4.31 Å². The van der Waals surface area contributed by atoms with Crippen LogP contribution in [0.15, 0.2) is 17.0 Å². The fourth-order valence-electron chi connectivity index (χ4n) is 2.00. The van der Waals surface area contributed by atoms with Crippen molar-refractivity contribution >= 4 is 33.2 Å². The first-order chi connectivity index (χ1) is 9.75. The average Bonchev–Trinajstić information content (AvgIpc) is 2.42. The maximum atomic E-state index is 14.0. The van der Waals surface area contributed by atoms with Gasteiger partial charge in [0.05, 0.1) is 18.9 Å². The molecule has 0 aromatic heterocycles. The summed E-state index contributed by atoms with van der Waals surface area (Å²) < 4.78 is 44.9. The molecule has 0 radical (unpaired) electrons. The van der Waals surface area contributed by atoms with Crippen LogP contribution in [0, 0.1) is 5.82 Å². The van der Waals surface area contributed by atoms with Crippen LogP contribution >= 0.6 is 11.6 Å². The Morgan fingerprint density at radius 3 is 2.76 bits per heavy atom. The molecule has 1 amide bonds. The molecule has 1 aliphatic heterocycles. The Labute approximate surface area is 125 Å². The second kappa shape index (κ2) is 5.76. The third-order valence-corrected chi connectivity index (χ3v) is 5.15. The van der Waals surface area contributed by atoms with Crippen molar-refractivity contribution in [3.63, 3.8) is 0 Å². The first-order valence-corrected chi connectivity index (χ1v) is 7.70. The predicted octanol–water partition coefficient (Wildman–Crippen LogP) is -0.0639. The topological polar surface area (TPSA) is 116 Å². The van der Waals surface area contributed by atoms with Crippen molar-refractivity contribution in [2.24, 2.45) is 5.73 Å². The van der Waals surface area contributed by atoms with Crippen LogP contribution in [0.25, 0.3) is 0 Å². The lowest BCUT2D eigenvalue weighted by molar-refractivity contribution is -0.125. The molecule has 1 unspecified atom stereocenters. The van der Waals surface area contributed by atoms with Crippen molar-refractivity contribution in [3.05, 3.63) is 23.0 Å². The van der Waals surface area contributed by atoms with Gasteiger partial charge in [-0.1, -0.05) is 11.6 Å². The Morgan fingerprint density at radius 1 is 1.48 bits per heavy atom. The lowest BCUT2D eigenvalue weighted by atomic mass is 10.3. The number of halogens is 2. The van der Waals surface area contributed by atoms with E-state index >= 15 is 0 Å². The number of amides is 1. The SMILES string of the molecule is NC(=O)C1COCCN1S(=O)(=O)c1cc(Cl)cc(N)c1F. The van der Waals surface area contributed by atoms with Gasteiger partial charge in [0, 0.05) is 11.6 Å². The Morgan fingerprint density at radius 2 is 2.14 bits per heavy atom. The van der Waals surface area contributed by atoms with Gasteiger partial charge in [0.1, 0.15) is 10.9 Å². The van der Waals surface area contributed by atoms with Crippen LogP contribution in [-0.4, -0.2) is 44.4 Å². The molecular weight excluding hydrogens is 325 g/mol. The minimum atomic E-state index is -4.32. The lowest BCUT2D eigenvalue weighted by Crippen LogP contribution is -2.54. The molecule has 1 aromatic rings. The number of nitrogens with two attached hydrogens (primary N) is 2. The fourth-order valence-corrected chi connectivity index (χ4v) is 3.98. The quantitative estimate of drug-likeness (QED) is 0.749. The summed E-state index contributed by atoms with van der Waals surface area (Å²) in [7, 11) is -4.32. The summed E-state index contributed by atoms with van der Waals surface area (Å²) in [5.74, 6) is -2.00. The summed E-state index contributed by atoms with van der Waals surface area (Å²) in [6, 6.07) is 0.833. The van der Waals surface area contributed by atoms with Gasteiger partial charge in [0.15, 0.2) is 5.82 Å². The fraction of sp³-hybridized carbons (Fsp3) is 0.364. The monoisotopic (exact) mass is 337 g/mol. The van der Waals surface area contributed by atoms with Crippen LogP contribution in [0.4, 0.5) is 10.1 Å². The van der Waals surface area contributed by atoms with Crippen LogP contribution in [0.3, 0.4) is 0 Å². The second-order valence-electron chi connectivity index (χ2n) is 4.42. The number of carbonyl (C=O) groups excluding carboxylic acids is 1. The predicted molar refractivity (Wildman–Crippen MR) is 73.5 cm³/mol. The second-order valence-corrected chi connectivity index (χ2v) is 6.71. The zero-order chi connectivity index (χ0) is 15.8. The molecule has 1 heterocycles. The summed E-state index contributed by atoms with van der Waals surface area (Å²) >= 11 is 5.72.